The van der Waals surface area contributed by atoms with Crippen molar-refractivity contribution in [2.45, 2.75) is 51.0 Å². The van der Waals surface area contributed by atoms with Gasteiger partial charge in [-0.15, -0.1) is 0 Å². The number of piperidine rings is 1. The molecule has 0 bridgehead atoms. The van der Waals surface area contributed by atoms with Crippen LogP contribution >= 0.6 is 0 Å². The van der Waals surface area contributed by atoms with Crippen LogP contribution < -0.4 is 14.8 Å². The molecule has 3 rings (SSSR count). The molecular formula is C21H32N2O3. The highest BCUT2D eigenvalue weighted by Gasteiger charge is 2.27. The number of carbonyl (C=O) groups is 1. The summed E-state index contributed by atoms with van der Waals surface area (Å²) in [6.45, 7) is 3.06. The zero-order valence-corrected chi connectivity index (χ0v) is 16.1. The number of rotatable bonds is 6. The molecule has 0 unspecified atom stereocenters. The summed E-state index contributed by atoms with van der Waals surface area (Å²) < 4.78 is 10.7. The lowest BCUT2D eigenvalue weighted by Gasteiger charge is -2.40. The van der Waals surface area contributed by atoms with E-state index in [-0.39, 0.29) is 5.91 Å². The van der Waals surface area contributed by atoms with Gasteiger partial charge in [0, 0.05) is 19.1 Å². The molecule has 0 spiro atoms. The lowest BCUT2D eigenvalue weighted by atomic mass is 9.90. The Morgan fingerprint density at radius 3 is 2.65 bits per heavy atom. The Hall–Kier alpha value is -1.75. The van der Waals surface area contributed by atoms with Crippen molar-refractivity contribution in [3.63, 3.8) is 0 Å². The van der Waals surface area contributed by atoms with E-state index in [2.05, 4.69) is 10.2 Å². The van der Waals surface area contributed by atoms with Gasteiger partial charge in [-0.25, -0.2) is 0 Å². The molecule has 1 aromatic carbocycles. The molecule has 0 aromatic heterocycles. The first-order valence-electron chi connectivity index (χ1n) is 9.96. The summed E-state index contributed by atoms with van der Waals surface area (Å²) in [4.78, 5) is 15.3. The third kappa shape index (κ3) is 4.50. The van der Waals surface area contributed by atoms with E-state index in [1.54, 1.807) is 26.4 Å². The lowest BCUT2D eigenvalue weighted by molar-refractivity contribution is 0.0864. The topological polar surface area (TPSA) is 50.8 Å². The molecule has 0 radical (unpaired) electrons. The van der Waals surface area contributed by atoms with Gasteiger partial charge in [0.05, 0.1) is 19.8 Å². The van der Waals surface area contributed by atoms with E-state index in [1.807, 2.05) is 6.07 Å². The van der Waals surface area contributed by atoms with Crippen molar-refractivity contribution in [3.8, 4) is 11.5 Å². The summed E-state index contributed by atoms with van der Waals surface area (Å²) in [5.74, 6) is 1.53. The smallest absolute Gasteiger partial charge is 0.255 e. The predicted molar refractivity (Wildman–Crippen MR) is 103 cm³/mol. The van der Waals surface area contributed by atoms with Crippen LogP contribution in [0.2, 0.25) is 0 Å². The molecule has 1 heterocycles. The molecule has 144 valence electrons. The molecule has 1 amide bonds. The first-order valence-corrected chi connectivity index (χ1v) is 9.96. The van der Waals surface area contributed by atoms with E-state index in [0.29, 0.717) is 23.0 Å². The number of hydrogen-bond donors (Lipinski definition) is 1. The molecule has 2 fully saturated rings. The molecule has 26 heavy (non-hydrogen) atoms. The van der Waals surface area contributed by atoms with Crippen LogP contribution in [0.4, 0.5) is 0 Å². The highest BCUT2D eigenvalue weighted by Crippen LogP contribution is 2.31. The number of amides is 1. The number of nitrogens with one attached hydrogen (secondary N) is 1. The minimum Gasteiger partial charge on any atom is -0.493 e. The highest BCUT2D eigenvalue weighted by atomic mass is 16.5. The van der Waals surface area contributed by atoms with Crippen LogP contribution in [0.5, 0.6) is 11.5 Å². The number of methoxy groups -OCH3 is 2. The van der Waals surface area contributed by atoms with E-state index >= 15 is 0 Å². The number of hydrogen-bond acceptors (Lipinski definition) is 4. The Labute approximate surface area is 157 Å². The van der Waals surface area contributed by atoms with E-state index in [9.17, 15) is 4.79 Å². The number of benzene rings is 1. The highest BCUT2D eigenvalue weighted by molar-refractivity contribution is 5.97. The van der Waals surface area contributed by atoms with Gasteiger partial charge in [0.15, 0.2) is 11.5 Å². The molecule has 1 N–H and O–H groups in total. The molecule has 1 atom stereocenters. The van der Waals surface area contributed by atoms with E-state index < -0.39 is 0 Å². The van der Waals surface area contributed by atoms with Crippen molar-refractivity contribution >= 4 is 5.91 Å². The van der Waals surface area contributed by atoms with Gasteiger partial charge in [-0.2, -0.15) is 0 Å². The fourth-order valence-corrected chi connectivity index (χ4v) is 4.44. The maximum absolute atomic E-state index is 12.7. The van der Waals surface area contributed by atoms with Gasteiger partial charge in [0.1, 0.15) is 0 Å². The minimum atomic E-state index is -0.0875. The lowest BCUT2D eigenvalue weighted by Crippen LogP contribution is -2.46. The van der Waals surface area contributed by atoms with Crippen LogP contribution in [-0.2, 0) is 0 Å². The van der Waals surface area contributed by atoms with Crippen molar-refractivity contribution in [3.05, 3.63) is 23.8 Å². The average Bonchev–Trinajstić information content (AvgIpc) is 2.72. The van der Waals surface area contributed by atoms with E-state index in [0.717, 1.165) is 19.1 Å². The third-order valence-electron chi connectivity index (χ3n) is 5.84. The summed E-state index contributed by atoms with van der Waals surface area (Å²) in [5.41, 5.74) is 0.534. The molecule has 5 heteroatoms. The second-order valence-electron chi connectivity index (χ2n) is 7.55. The Morgan fingerprint density at radius 2 is 1.92 bits per heavy atom. The molecule has 1 saturated heterocycles. The van der Waals surface area contributed by atoms with Crippen molar-refractivity contribution in [1.29, 1.82) is 0 Å². The molecule has 1 aromatic rings. The summed E-state index contributed by atoms with van der Waals surface area (Å²) in [6, 6.07) is 6.17. The van der Waals surface area contributed by atoms with Gasteiger partial charge in [-0.3, -0.25) is 4.79 Å². The van der Waals surface area contributed by atoms with E-state index in [4.69, 9.17) is 9.47 Å². The van der Waals surface area contributed by atoms with Gasteiger partial charge in [0.2, 0.25) is 0 Å². The molecule has 5 nitrogen and oxygen atoms in total. The van der Waals surface area contributed by atoms with E-state index in [1.165, 1.54) is 51.5 Å². The number of carbonyl (C=O) groups excluding carboxylic acids is 1. The Bertz CT molecular complexity index is 599. The van der Waals surface area contributed by atoms with Crippen LogP contribution in [0.3, 0.4) is 0 Å². The standard InChI is InChI=1S/C21H32N2O3/c1-25-19-12-6-11-18(20(19)26-2)21(24)22-14-16-8-7-13-23(15-16)17-9-4-3-5-10-17/h6,11-12,16-17H,3-5,7-10,13-15H2,1-2H3,(H,22,24)/t16-/m0/s1. The molecule has 1 aliphatic carbocycles. The van der Waals surface area contributed by atoms with Gasteiger partial charge in [0.25, 0.3) is 5.91 Å². The van der Waals surface area contributed by atoms with Crippen LogP contribution in [-0.4, -0.2) is 50.7 Å². The fourth-order valence-electron chi connectivity index (χ4n) is 4.44. The minimum absolute atomic E-state index is 0.0875. The zero-order chi connectivity index (χ0) is 18.4. The average molecular weight is 360 g/mol. The summed E-state index contributed by atoms with van der Waals surface area (Å²) >= 11 is 0. The number of ether oxygens (including phenoxy) is 2. The van der Waals surface area contributed by atoms with Gasteiger partial charge in [-0.05, 0) is 50.3 Å². The van der Waals surface area contributed by atoms with Gasteiger partial charge >= 0.3 is 0 Å². The molecule has 1 saturated carbocycles. The van der Waals surface area contributed by atoms with Crippen molar-refractivity contribution in [1.82, 2.24) is 10.2 Å². The summed E-state index contributed by atoms with van der Waals surface area (Å²) in [5, 5.41) is 3.12. The quantitative estimate of drug-likeness (QED) is 0.844. The maximum atomic E-state index is 12.7. The maximum Gasteiger partial charge on any atom is 0.255 e. The first-order chi connectivity index (χ1) is 12.7. The van der Waals surface area contributed by atoms with Crippen molar-refractivity contribution in [2.75, 3.05) is 33.9 Å². The van der Waals surface area contributed by atoms with Crippen LogP contribution in [0, 0.1) is 5.92 Å². The zero-order valence-electron chi connectivity index (χ0n) is 16.1. The normalized spacial score (nSPS) is 22.0. The first kappa shape index (κ1) is 19.0. The SMILES string of the molecule is COc1cccc(C(=O)NC[C@@H]2CCCN(C3CCCCC3)C2)c1OC. The van der Waals surface area contributed by atoms with Crippen LogP contribution in [0.15, 0.2) is 18.2 Å². The predicted octanol–water partition coefficient (Wildman–Crippen LogP) is 3.48. The number of nitrogens with zero attached hydrogens (tertiary/aromatic N) is 1. The second-order valence-corrected chi connectivity index (χ2v) is 7.55. The Morgan fingerprint density at radius 1 is 1.12 bits per heavy atom. The Kier molecular flexibility index (Phi) is 6.78. The van der Waals surface area contributed by atoms with Crippen LogP contribution in [0.25, 0.3) is 0 Å². The Balaban J connectivity index is 1.56. The van der Waals surface area contributed by atoms with Crippen LogP contribution in [0.1, 0.15) is 55.3 Å². The molecular weight excluding hydrogens is 328 g/mol. The largest absolute Gasteiger partial charge is 0.493 e. The number of para-hydroxylation sites is 1. The summed E-state index contributed by atoms with van der Waals surface area (Å²) in [7, 11) is 3.15. The molecule has 1 aliphatic heterocycles. The third-order valence-corrected chi connectivity index (χ3v) is 5.84. The fraction of sp³-hybridized carbons (Fsp3) is 0.667. The van der Waals surface area contributed by atoms with Crippen molar-refractivity contribution in [2.24, 2.45) is 5.92 Å². The summed E-state index contributed by atoms with van der Waals surface area (Å²) in [6.07, 6.45) is 9.26. The number of likely N-dealkylation sites (tertiary alicyclic amines) is 1. The van der Waals surface area contributed by atoms with Gasteiger partial charge in [-0.1, -0.05) is 25.3 Å². The molecule has 2 aliphatic rings. The monoisotopic (exact) mass is 360 g/mol. The van der Waals surface area contributed by atoms with Gasteiger partial charge < -0.3 is 19.7 Å². The van der Waals surface area contributed by atoms with Crippen molar-refractivity contribution < 1.29 is 14.3 Å². The second kappa shape index (κ2) is 9.26.